The highest BCUT2D eigenvalue weighted by Crippen LogP contribution is 2.27. The molecular weight excluding hydrogens is 262 g/mol. The van der Waals surface area contributed by atoms with Gasteiger partial charge in [0.2, 0.25) is 5.91 Å². The van der Waals surface area contributed by atoms with Crippen LogP contribution in [0.1, 0.15) is 53.9 Å². The molecule has 1 aliphatic rings. The molecule has 0 radical (unpaired) electrons. The molecule has 0 spiro atoms. The summed E-state index contributed by atoms with van der Waals surface area (Å²) in [7, 11) is 0. The number of hydrogen-bond donors (Lipinski definition) is 1. The van der Waals surface area contributed by atoms with E-state index in [2.05, 4.69) is 51.9 Å². The van der Waals surface area contributed by atoms with Gasteiger partial charge in [0.25, 0.3) is 0 Å². The zero-order chi connectivity index (χ0) is 16.3. The van der Waals surface area contributed by atoms with Crippen LogP contribution >= 0.6 is 0 Å². The molecule has 0 unspecified atom stereocenters. The number of rotatable bonds is 4. The number of nitrogens with zero attached hydrogens (tertiary/aromatic N) is 2. The Hall–Kier alpha value is -1.52. The molecule has 0 aliphatic carbocycles. The second-order valence-electron chi connectivity index (χ2n) is 7.68. The zero-order valence-corrected chi connectivity index (χ0v) is 13.9. The quantitative estimate of drug-likeness (QED) is 0.808. The van der Waals surface area contributed by atoms with Crippen molar-refractivity contribution < 1.29 is 4.79 Å². The van der Waals surface area contributed by atoms with Gasteiger partial charge in [0.15, 0.2) is 0 Å². The molecule has 1 heterocycles. The van der Waals surface area contributed by atoms with Crippen molar-refractivity contribution in [1.82, 2.24) is 10.2 Å². The van der Waals surface area contributed by atoms with Gasteiger partial charge in [0, 0.05) is 5.54 Å². The van der Waals surface area contributed by atoms with Crippen LogP contribution in [0.15, 0.2) is 0 Å². The Balaban J connectivity index is 2.65. The summed E-state index contributed by atoms with van der Waals surface area (Å²) in [5.41, 5.74) is 0.0468. The number of carbonyl (C=O) groups excluding carboxylic acids is 1. The second-order valence-corrected chi connectivity index (χ2v) is 7.68. The van der Waals surface area contributed by atoms with Gasteiger partial charge in [-0.05, 0) is 38.5 Å². The Morgan fingerprint density at radius 1 is 1.29 bits per heavy atom. The molecule has 4 heteroatoms. The Bertz CT molecular complexity index is 440. The topological polar surface area (TPSA) is 56.1 Å². The standard InChI is InChI=1S/C17H27N3O/c1-7-13-8-9-14(10-18)20(13)15(21)11-19-17(5,6)12-16(2,3)4/h1,13-14,19H,8-9,11-12H2,2-6H3/t13-,14-/m0/s1. The SMILES string of the molecule is C#C[C@H]1CC[C@@H](C#N)N1C(=O)CNC(C)(C)CC(C)(C)C. The Morgan fingerprint density at radius 3 is 2.33 bits per heavy atom. The molecule has 0 bridgehead atoms. The molecule has 4 nitrogen and oxygen atoms in total. The van der Waals surface area contributed by atoms with Gasteiger partial charge in [-0.2, -0.15) is 5.26 Å². The van der Waals surface area contributed by atoms with Crippen molar-refractivity contribution in [2.75, 3.05) is 6.54 Å². The molecule has 0 aromatic heterocycles. The maximum Gasteiger partial charge on any atom is 0.238 e. The summed E-state index contributed by atoms with van der Waals surface area (Å²) in [5.74, 6) is 2.54. The fourth-order valence-corrected chi connectivity index (χ4v) is 3.24. The molecule has 1 amide bonds. The highest BCUT2D eigenvalue weighted by molar-refractivity contribution is 5.80. The van der Waals surface area contributed by atoms with E-state index in [1.807, 2.05) is 0 Å². The fourth-order valence-electron chi connectivity index (χ4n) is 3.24. The van der Waals surface area contributed by atoms with Crippen molar-refractivity contribution in [2.24, 2.45) is 5.41 Å². The molecule has 1 fully saturated rings. The average molecular weight is 289 g/mol. The second kappa shape index (κ2) is 6.50. The van der Waals surface area contributed by atoms with E-state index in [9.17, 15) is 4.79 Å². The van der Waals surface area contributed by atoms with Gasteiger partial charge in [-0.3, -0.25) is 4.79 Å². The monoisotopic (exact) mass is 289 g/mol. The van der Waals surface area contributed by atoms with E-state index in [0.29, 0.717) is 12.8 Å². The molecule has 2 atom stereocenters. The molecule has 21 heavy (non-hydrogen) atoms. The van der Waals surface area contributed by atoms with Gasteiger partial charge in [-0.15, -0.1) is 6.42 Å². The maximum absolute atomic E-state index is 12.4. The van der Waals surface area contributed by atoms with Gasteiger partial charge in [0.05, 0.1) is 18.7 Å². The van der Waals surface area contributed by atoms with Crippen LogP contribution in [0.25, 0.3) is 0 Å². The molecule has 116 valence electrons. The van der Waals surface area contributed by atoms with Crippen LogP contribution < -0.4 is 5.32 Å². The number of amides is 1. The Kier molecular flexibility index (Phi) is 5.42. The van der Waals surface area contributed by atoms with Gasteiger partial charge in [-0.1, -0.05) is 26.7 Å². The molecule has 0 aromatic rings. The number of hydrogen-bond acceptors (Lipinski definition) is 3. The zero-order valence-electron chi connectivity index (χ0n) is 13.9. The molecule has 1 aliphatic heterocycles. The first-order valence-electron chi connectivity index (χ1n) is 7.51. The predicted molar refractivity (Wildman–Crippen MR) is 84.3 cm³/mol. The smallest absolute Gasteiger partial charge is 0.238 e. The lowest BCUT2D eigenvalue weighted by Crippen LogP contribution is -2.50. The van der Waals surface area contributed by atoms with E-state index < -0.39 is 0 Å². The maximum atomic E-state index is 12.4. The van der Waals surface area contributed by atoms with E-state index in [1.54, 1.807) is 4.90 Å². The summed E-state index contributed by atoms with van der Waals surface area (Å²) in [6.45, 7) is 10.9. The van der Waals surface area contributed by atoms with Crippen molar-refractivity contribution >= 4 is 5.91 Å². The minimum atomic E-state index is -0.383. The number of nitrogens with one attached hydrogen (secondary N) is 1. The Labute approximate surface area is 128 Å². The third-order valence-corrected chi connectivity index (χ3v) is 3.70. The lowest BCUT2D eigenvalue weighted by Gasteiger charge is -2.34. The van der Waals surface area contributed by atoms with Crippen LogP contribution in [-0.2, 0) is 4.79 Å². The first kappa shape index (κ1) is 17.5. The van der Waals surface area contributed by atoms with Gasteiger partial charge >= 0.3 is 0 Å². The van der Waals surface area contributed by atoms with E-state index in [-0.39, 0.29) is 35.5 Å². The van der Waals surface area contributed by atoms with Crippen molar-refractivity contribution in [3.8, 4) is 18.4 Å². The van der Waals surface area contributed by atoms with Gasteiger partial charge in [-0.25, -0.2) is 0 Å². The third-order valence-electron chi connectivity index (χ3n) is 3.70. The normalized spacial score (nSPS) is 22.7. The molecule has 1 N–H and O–H groups in total. The van der Waals surface area contributed by atoms with Crippen LogP contribution in [0.3, 0.4) is 0 Å². The minimum absolute atomic E-state index is 0.0796. The average Bonchev–Trinajstić information content (AvgIpc) is 2.76. The summed E-state index contributed by atoms with van der Waals surface area (Å²) in [6.07, 6.45) is 7.81. The van der Waals surface area contributed by atoms with E-state index in [4.69, 9.17) is 11.7 Å². The minimum Gasteiger partial charge on any atom is -0.312 e. The number of nitriles is 1. The Morgan fingerprint density at radius 2 is 1.86 bits per heavy atom. The van der Waals surface area contributed by atoms with Crippen molar-refractivity contribution in [3.05, 3.63) is 0 Å². The summed E-state index contributed by atoms with van der Waals surface area (Å²) in [5, 5.41) is 12.5. The first-order chi connectivity index (χ1) is 9.59. The summed E-state index contributed by atoms with van der Waals surface area (Å²) in [4.78, 5) is 14.0. The van der Waals surface area contributed by atoms with Crippen LogP contribution in [0.4, 0.5) is 0 Å². The molecular formula is C17H27N3O. The van der Waals surface area contributed by atoms with Crippen LogP contribution in [-0.4, -0.2) is 35.0 Å². The van der Waals surface area contributed by atoms with Crippen LogP contribution in [0.5, 0.6) is 0 Å². The van der Waals surface area contributed by atoms with E-state index in [0.717, 1.165) is 6.42 Å². The van der Waals surface area contributed by atoms with E-state index >= 15 is 0 Å². The molecule has 1 rings (SSSR count). The van der Waals surface area contributed by atoms with Crippen LogP contribution in [0, 0.1) is 29.1 Å². The highest BCUT2D eigenvalue weighted by atomic mass is 16.2. The number of terminal acetylenes is 1. The molecule has 1 saturated heterocycles. The summed E-state index contributed by atoms with van der Waals surface area (Å²) < 4.78 is 0. The molecule has 0 aromatic carbocycles. The summed E-state index contributed by atoms with van der Waals surface area (Å²) >= 11 is 0. The van der Waals surface area contributed by atoms with Crippen molar-refractivity contribution in [1.29, 1.82) is 5.26 Å². The van der Waals surface area contributed by atoms with Gasteiger partial charge in [0.1, 0.15) is 6.04 Å². The lowest BCUT2D eigenvalue weighted by molar-refractivity contribution is -0.131. The third kappa shape index (κ3) is 5.06. The van der Waals surface area contributed by atoms with Crippen molar-refractivity contribution in [3.63, 3.8) is 0 Å². The highest BCUT2D eigenvalue weighted by Gasteiger charge is 2.36. The first-order valence-corrected chi connectivity index (χ1v) is 7.51. The summed E-state index contributed by atoms with van der Waals surface area (Å²) in [6, 6.07) is 1.55. The number of likely N-dealkylation sites (tertiary alicyclic amines) is 1. The van der Waals surface area contributed by atoms with Crippen LogP contribution in [0.2, 0.25) is 0 Å². The van der Waals surface area contributed by atoms with E-state index in [1.165, 1.54) is 0 Å². The molecule has 0 saturated carbocycles. The number of carbonyl (C=O) groups is 1. The largest absolute Gasteiger partial charge is 0.312 e. The van der Waals surface area contributed by atoms with Gasteiger partial charge < -0.3 is 10.2 Å². The fraction of sp³-hybridized carbons (Fsp3) is 0.765. The predicted octanol–water partition coefficient (Wildman–Crippen LogP) is 2.31. The van der Waals surface area contributed by atoms with Crippen molar-refractivity contribution in [2.45, 2.75) is 71.5 Å². The lowest BCUT2D eigenvalue weighted by atomic mass is 9.82.